The topological polar surface area (TPSA) is 66.6 Å². The van der Waals surface area contributed by atoms with Crippen LogP contribution in [0.4, 0.5) is 0 Å². The lowest BCUT2D eigenvalue weighted by Crippen LogP contribution is -2.54. The molecule has 0 aromatic heterocycles. The molecular weight excluding hydrogens is 218 g/mol. The van der Waals surface area contributed by atoms with Crippen LogP contribution in [0, 0.1) is 5.92 Å². The van der Waals surface area contributed by atoms with Crippen LogP contribution in [0.5, 0.6) is 0 Å². The maximum absolute atomic E-state index is 11.8. The first-order valence-corrected chi connectivity index (χ1v) is 6.46. The molecule has 0 aromatic carbocycles. The number of amides is 2. The van der Waals surface area contributed by atoms with Crippen LogP contribution in [0.3, 0.4) is 0 Å². The monoisotopic (exact) mass is 239 g/mol. The van der Waals surface area contributed by atoms with Crippen molar-refractivity contribution in [1.82, 2.24) is 9.80 Å². The molecule has 2 amide bonds. The Morgan fingerprint density at radius 1 is 1.18 bits per heavy atom. The van der Waals surface area contributed by atoms with Crippen molar-refractivity contribution in [3.63, 3.8) is 0 Å². The van der Waals surface area contributed by atoms with Gasteiger partial charge >= 0.3 is 0 Å². The molecule has 0 aromatic rings. The van der Waals surface area contributed by atoms with Gasteiger partial charge < -0.3 is 15.5 Å². The number of carbonyl (C=O) groups is 2. The summed E-state index contributed by atoms with van der Waals surface area (Å²) in [7, 11) is 0. The third-order valence-corrected chi connectivity index (χ3v) is 3.59. The van der Waals surface area contributed by atoms with Gasteiger partial charge in [-0.1, -0.05) is 6.92 Å². The van der Waals surface area contributed by atoms with E-state index in [9.17, 15) is 9.59 Å². The third kappa shape index (κ3) is 2.77. The van der Waals surface area contributed by atoms with Gasteiger partial charge in [0.25, 0.3) is 0 Å². The van der Waals surface area contributed by atoms with Crippen molar-refractivity contribution in [3.8, 4) is 0 Å². The van der Waals surface area contributed by atoms with Gasteiger partial charge in [0.15, 0.2) is 0 Å². The molecule has 2 rings (SSSR count). The first kappa shape index (κ1) is 12.4. The second-order valence-corrected chi connectivity index (χ2v) is 4.94. The van der Waals surface area contributed by atoms with Gasteiger partial charge in [-0.2, -0.15) is 0 Å². The van der Waals surface area contributed by atoms with Crippen molar-refractivity contribution < 1.29 is 9.59 Å². The maximum atomic E-state index is 11.8. The van der Waals surface area contributed by atoms with Gasteiger partial charge in [-0.3, -0.25) is 9.59 Å². The number of nitrogens with two attached hydrogens (primary N) is 1. The van der Waals surface area contributed by atoms with E-state index < -0.39 is 0 Å². The predicted octanol–water partition coefficient (Wildman–Crippen LogP) is -0.195. The summed E-state index contributed by atoms with van der Waals surface area (Å²) in [6, 6.07) is -0.388. The van der Waals surface area contributed by atoms with E-state index >= 15 is 0 Å². The molecule has 0 unspecified atom stereocenters. The summed E-state index contributed by atoms with van der Waals surface area (Å²) in [6.07, 6.45) is 2.75. The summed E-state index contributed by atoms with van der Waals surface area (Å²) < 4.78 is 0. The quantitative estimate of drug-likeness (QED) is 0.742. The average molecular weight is 239 g/mol. The van der Waals surface area contributed by atoms with E-state index in [1.807, 2.05) is 11.8 Å². The van der Waals surface area contributed by atoms with Crippen molar-refractivity contribution in [1.29, 1.82) is 0 Å². The lowest BCUT2D eigenvalue weighted by molar-refractivity contribution is -0.141. The Bertz CT molecular complexity index is 307. The number of nitrogens with zero attached hydrogens (tertiary/aromatic N) is 2. The summed E-state index contributed by atoms with van der Waals surface area (Å²) in [4.78, 5) is 27.3. The molecule has 0 radical (unpaired) electrons. The molecule has 1 heterocycles. The largest absolute Gasteiger partial charge is 0.339 e. The SMILES string of the molecule is CC[C@H](N)C(=O)N1CCN(C(=O)C2CC2)CC1. The first-order valence-electron chi connectivity index (χ1n) is 6.46. The Morgan fingerprint density at radius 2 is 1.71 bits per heavy atom. The van der Waals surface area contributed by atoms with Gasteiger partial charge in [-0.05, 0) is 19.3 Å². The summed E-state index contributed by atoms with van der Waals surface area (Å²) in [5.74, 6) is 0.568. The van der Waals surface area contributed by atoms with E-state index in [1.54, 1.807) is 4.90 Å². The Balaban J connectivity index is 1.81. The lowest BCUT2D eigenvalue weighted by atomic mass is 10.2. The minimum absolute atomic E-state index is 0.0195. The molecule has 2 N–H and O–H groups in total. The molecule has 1 saturated heterocycles. The zero-order valence-corrected chi connectivity index (χ0v) is 10.4. The van der Waals surface area contributed by atoms with Crippen molar-refractivity contribution >= 4 is 11.8 Å². The molecule has 1 saturated carbocycles. The highest BCUT2D eigenvalue weighted by Gasteiger charge is 2.35. The van der Waals surface area contributed by atoms with Crippen LogP contribution < -0.4 is 5.73 Å². The molecule has 0 spiro atoms. The Morgan fingerprint density at radius 3 is 2.18 bits per heavy atom. The average Bonchev–Trinajstić information content (AvgIpc) is 3.20. The smallest absolute Gasteiger partial charge is 0.239 e. The van der Waals surface area contributed by atoms with Gasteiger partial charge in [0.2, 0.25) is 11.8 Å². The number of rotatable bonds is 3. The van der Waals surface area contributed by atoms with E-state index in [1.165, 1.54) is 0 Å². The molecule has 2 fully saturated rings. The van der Waals surface area contributed by atoms with Crippen molar-refractivity contribution in [3.05, 3.63) is 0 Å². The summed E-state index contributed by atoms with van der Waals surface area (Å²) >= 11 is 0. The second kappa shape index (κ2) is 5.04. The highest BCUT2D eigenvalue weighted by molar-refractivity contribution is 5.83. The molecule has 5 heteroatoms. The van der Waals surface area contributed by atoms with Crippen molar-refractivity contribution in [2.45, 2.75) is 32.2 Å². The van der Waals surface area contributed by atoms with Crippen LogP contribution in [0.2, 0.25) is 0 Å². The zero-order valence-electron chi connectivity index (χ0n) is 10.4. The van der Waals surface area contributed by atoms with Crippen LogP contribution in [-0.4, -0.2) is 53.8 Å². The van der Waals surface area contributed by atoms with E-state index in [0.717, 1.165) is 12.8 Å². The molecular formula is C12H21N3O2. The normalized spacial score (nSPS) is 22.5. The Labute approximate surface area is 102 Å². The fourth-order valence-electron chi connectivity index (χ4n) is 2.14. The minimum Gasteiger partial charge on any atom is -0.339 e. The molecule has 17 heavy (non-hydrogen) atoms. The highest BCUT2D eigenvalue weighted by Crippen LogP contribution is 2.31. The van der Waals surface area contributed by atoms with Crippen LogP contribution >= 0.6 is 0 Å². The molecule has 0 bridgehead atoms. The maximum Gasteiger partial charge on any atom is 0.239 e. The van der Waals surface area contributed by atoms with Crippen LogP contribution in [0.1, 0.15) is 26.2 Å². The summed E-state index contributed by atoms with van der Waals surface area (Å²) in [6.45, 7) is 4.50. The fourth-order valence-corrected chi connectivity index (χ4v) is 2.14. The second-order valence-electron chi connectivity index (χ2n) is 4.94. The Hall–Kier alpha value is -1.10. The van der Waals surface area contributed by atoms with Gasteiger partial charge in [0.1, 0.15) is 0 Å². The van der Waals surface area contributed by atoms with Gasteiger partial charge in [0, 0.05) is 32.1 Å². The molecule has 96 valence electrons. The molecule has 1 atom stereocenters. The van der Waals surface area contributed by atoms with Crippen LogP contribution in [0.15, 0.2) is 0 Å². The van der Waals surface area contributed by atoms with Crippen LogP contribution in [-0.2, 0) is 9.59 Å². The number of carbonyl (C=O) groups excluding carboxylic acids is 2. The van der Waals surface area contributed by atoms with Gasteiger partial charge in [-0.15, -0.1) is 0 Å². The van der Waals surface area contributed by atoms with Gasteiger partial charge in [-0.25, -0.2) is 0 Å². The summed E-state index contributed by atoms with van der Waals surface area (Å²) in [5.41, 5.74) is 5.73. The molecule has 2 aliphatic rings. The molecule has 1 aliphatic heterocycles. The van der Waals surface area contributed by atoms with Crippen molar-refractivity contribution in [2.24, 2.45) is 11.7 Å². The van der Waals surface area contributed by atoms with E-state index in [-0.39, 0.29) is 23.8 Å². The minimum atomic E-state index is -0.388. The highest BCUT2D eigenvalue weighted by atomic mass is 16.2. The van der Waals surface area contributed by atoms with E-state index in [0.29, 0.717) is 32.6 Å². The molecule has 5 nitrogen and oxygen atoms in total. The fraction of sp³-hybridized carbons (Fsp3) is 0.833. The van der Waals surface area contributed by atoms with Gasteiger partial charge in [0.05, 0.1) is 6.04 Å². The van der Waals surface area contributed by atoms with E-state index in [2.05, 4.69) is 0 Å². The summed E-state index contributed by atoms with van der Waals surface area (Å²) in [5, 5.41) is 0. The van der Waals surface area contributed by atoms with E-state index in [4.69, 9.17) is 5.73 Å². The number of hydrogen-bond acceptors (Lipinski definition) is 3. The third-order valence-electron chi connectivity index (χ3n) is 3.59. The lowest BCUT2D eigenvalue weighted by Gasteiger charge is -2.36. The first-order chi connectivity index (χ1) is 8.13. The van der Waals surface area contributed by atoms with Crippen molar-refractivity contribution in [2.75, 3.05) is 26.2 Å². The Kier molecular flexibility index (Phi) is 3.66. The number of piperazine rings is 1. The standard InChI is InChI=1S/C12H21N3O2/c1-2-10(13)12(17)15-7-5-14(6-8-15)11(16)9-3-4-9/h9-10H,2-8,13H2,1H3/t10-/m0/s1. The van der Waals surface area contributed by atoms with Crippen LogP contribution in [0.25, 0.3) is 0 Å². The molecule has 1 aliphatic carbocycles. The zero-order chi connectivity index (χ0) is 12.4. The predicted molar refractivity (Wildman–Crippen MR) is 64.2 cm³/mol. The number of hydrogen-bond donors (Lipinski definition) is 1.